The third-order valence-corrected chi connectivity index (χ3v) is 3.58. The Hall–Kier alpha value is -0.770. The first-order chi connectivity index (χ1) is 8.81. The molecule has 0 aromatic heterocycles. The largest absolute Gasteiger partial charge is 0.494 e. The van der Waals surface area contributed by atoms with Gasteiger partial charge in [-0.25, -0.2) is 0 Å². The summed E-state index contributed by atoms with van der Waals surface area (Å²) >= 11 is 0. The van der Waals surface area contributed by atoms with Gasteiger partial charge in [-0.05, 0) is 56.5 Å². The summed E-state index contributed by atoms with van der Waals surface area (Å²) in [5, 5.41) is 0. The minimum atomic E-state index is 0. The van der Waals surface area contributed by atoms with Crippen molar-refractivity contribution in [3.05, 3.63) is 29.8 Å². The molecule has 1 aromatic carbocycles. The van der Waals surface area contributed by atoms with Crippen molar-refractivity contribution in [2.45, 2.75) is 26.3 Å². The molecular formula is C15H25ClN2O. The summed E-state index contributed by atoms with van der Waals surface area (Å²) in [6.45, 7) is 6.92. The maximum atomic E-state index is 5.77. The Kier molecular flexibility index (Phi) is 7.21. The zero-order chi connectivity index (χ0) is 12.8. The highest BCUT2D eigenvalue weighted by atomic mass is 35.5. The second kappa shape index (κ2) is 8.41. The Labute approximate surface area is 122 Å². The minimum absolute atomic E-state index is 0. The topological polar surface area (TPSA) is 38.5 Å². The lowest BCUT2D eigenvalue weighted by atomic mass is 9.98. The fourth-order valence-electron chi connectivity index (χ4n) is 2.60. The fraction of sp³-hybridized carbons (Fsp3) is 0.600. The standard InChI is InChI=1S/C15H24N2O.ClH/c1-2-18-15-7-5-13(6-8-15)11-17-9-3-4-14(10-16)12-17;/h5-8,14H,2-4,9-12,16H2,1H3;1H. The molecule has 1 atom stereocenters. The lowest BCUT2D eigenvalue weighted by Crippen LogP contribution is -2.37. The average molecular weight is 285 g/mol. The van der Waals surface area contributed by atoms with Crippen molar-refractivity contribution in [1.29, 1.82) is 0 Å². The molecule has 0 saturated carbocycles. The number of hydrogen-bond donors (Lipinski definition) is 1. The number of piperidine rings is 1. The van der Waals surface area contributed by atoms with E-state index in [-0.39, 0.29) is 12.4 Å². The van der Waals surface area contributed by atoms with Gasteiger partial charge in [0.15, 0.2) is 0 Å². The Balaban J connectivity index is 0.00000180. The predicted octanol–water partition coefficient (Wildman–Crippen LogP) is 2.68. The summed E-state index contributed by atoms with van der Waals surface area (Å²) in [6, 6.07) is 8.44. The first kappa shape index (κ1) is 16.3. The van der Waals surface area contributed by atoms with Gasteiger partial charge in [-0.1, -0.05) is 12.1 Å². The van der Waals surface area contributed by atoms with E-state index in [4.69, 9.17) is 10.5 Å². The van der Waals surface area contributed by atoms with E-state index in [2.05, 4.69) is 29.2 Å². The normalized spacial score (nSPS) is 19.8. The molecule has 1 aliphatic heterocycles. The van der Waals surface area contributed by atoms with Crippen LogP contribution in [0.5, 0.6) is 5.75 Å². The molecule has 0 bridgehead atoms. The van der Waals surface area contributed by atoms with Gasteiger partial charge < -0.3 is 10.5 Å². The number of rotatable bonds is 5. The molecule has 0 spiro atoms. The third-order valence-electron chi connectivity index (χ3n) is 3.58. The number of halogens is 1. The quantitative estimate of drug-likeness (QED) is 0.903. The van der Waals surface area contributed by atoms with Crippen LogP contribution in [0.15, 0.2) is 24.3 Å². The maximum Gasteiger partial charge on any atom is 0.119 e. The zero-order valence-corrected chi connectivity index (χ0v) is 12.5. The van der Waals surface area contributed by atoms with Gasteiger partial charge in [0.1, 0.15) is 5.75 Å². The lowest BCUT2D eigenvalue weighted by molar-refractivity contribution is 0.171. The molecule has 0 aliphatic carbocycles. The van der Waals surface area contributed by atoms with E-state index >= 15 is 0 Å². The molecule has 2 rings (SSSR count). The second-order valence-electron chi connectivity index (χ2n) is 5.06. The molecule has 19 heavy (non-hydrogen) atoms. The number of hydrogen-bond acceptors (Lipinski definition) is 3. The Morgan fingerprint density at radius 2 is 2.05 bits per heavy atom. The van der Waals surface area contributed by atoms with Crippen LogP contribution in [-0.2, 0) is 6.54 Å². The first-order valence-corrected chi connectivity index (χ1v) is 6.96. The SMILES string of the molecule is CCOc1ccc(CN2CCCC(CN)C2)cc1.Cl. The van der Waals surface area contributed by atoms with E-state index in [0.717, 1.165) is 32.0 Å². The molecule has 1 aromatic rings. The molecule has 1 aliphatic rings. The van der Waals surface area contributed by atoms with Crippen LogP contribution >= 0.6 is 12.4 Å². The smallest absolute Gasteiger partial charge is 0.119 e. The van der Waals surface area contributed by atoms with Gasteiger partial charge in [-0.2, -0.15) is 0 Å². The number of benzene rings is 1. The molecule has 108 valence electrons. The summed E-state index contributed by atoms with van der Waals surface area (Å²) < 4.78 is 5.46. The summed E-state index contributed by atoms with van der Waals surface area (Å²) in [6.07, 6.45) is 2.56. The van der Waals surface area contributed by atoms with Gasteiger partial charge in [-0.15, -0.1) is 12.4 Å². The van der Waals surface area contributed by atoms with Crippen molar-refractivity contribution in [2.75, 3.05) is 26.2 Å². The van der Waals surface area contributed by atoms with Crippen LogP contribution in [0.3, 0.4) is 0 Å². The lowest BCUT2D eigenvalue weighted by Gasteiger charge is -2.32. The molecule has 1 fully saturated rings. The van der Waals surface area contributed by atoms with Gasteiger partial charge in [0.2, 0.25) is 0 Å². The van der Waals surface area contributed by atoms with Gasteiger partial charge in [0.05, 0.1) is 6.61 Å². The van der Waals surface area contributed by atoms with E-state index in [9.17, 15) is 0 Å². The Morgan fingerprint density at radius 3 is 2.68 bits per heavy atom. The van der Waals surface area contributed by atoms with Crippen molar-refractivity contribution in [3.8, 4) is 5.75 Å². The van der Waals surface area contributed by atoms with E-state index in [1.165, 1.54) is 24.9 Å². The predicted molar refractivity (Wildman–Crippen MR) is 81.9 cm³/mol. The molecule has 0 amide bonds. The van der Waals surface area contributed by atoms with Gasteiger partial charge >= 0.3 is 0 Å². The summed E-state index contributed by atoms with van der Waals surface area (Å²) in [5.41, 5.74) is 7.13. The van der Waals surface area contributed by atoms with Crippen LogP contribution in [0.4, 0.5) is 0 Å². The minimum Gasteiger partial charge on any atom is -0.494 e. The average Bonchev–Trinajstić information content (AvgIpc) is 2.42. The molecule has 1 unspecified atom stereocenters. The van der Waals surface area contributed by atoms with Gasteiger partial charge in [-0.3, -0.25) is 4.90 Å². The number of nitrogens with zero attached hydrogens (tertiary/aromatic N) is 1. The molecule has 4 heteroatoms. The highest BCUT2D eigenvalue weighted by Gasteiger charge is 2.18. The van der Waals surface area contributed by atoms with Crippen molar-refractivity contribution >= 4 is 12.4 Å². The van der Waals surface area contributed by atoms with Gasteiger partial charge in [0, 0.05) is 13.1 Å². The van der Waals surface area contributed by atoms with Crippen LogP contribution in [-0.4, -0.2) is 31.1 Å². The monoisotopic (exact) mass is 284 g/mol. The molecule has 1 heterocycles. The highest BCUT2D eigenvalue weighted by molar-refractivity contribution is 5.85. The summed E-state index contributed by atoms with van der Waals surface area (Å²) in [4.78, 5) is 2.51. The van der Waals surface area contributed by atoms with Crippen LogP contribution in [0.2, 0.25) is 0 Å². The Morgan fingerprint density at radius 1 is 1.32 bits per heavy atom. The van der Waals surface area contributed by atoms with Gasteiger partial charge in [0.25, 0.3) is 0 Å². The second-order valence-corrected chi connectivity index (χ2v) is 5.06. The molecule has 3 nitrogen and oxygen atoms in total. The molecule has 0 radical (unpaired) electrons. The van der Waals surface area contributed by atoms with E-state index < -0.39 is 0 Å². The number of nitrogens with two attached hydrogens (primary N) is 1. The van der Waals surface area contributed by atoms with E-state index in [1.54, 1.807) is 0 Å². The number of ether oxygens (including phenoxy) is 1. The summed E-state index contributed by atoms with van der Waals surface area (Å²) in [5.74, 6) is 1.64. The van der Waals surface area contributed by atoms with E-state index in [0.29, 0.717) is 5.92 Å². The van der Waals surface area contributed by atoms with Crippen molar-refractivity contribution in [3.63, 3.8) is 0 Å². The van der Waals surface area contributed by atoms with Crippen LogP contribution in [0.25, 0.3) is 0 Å². The van der Waals surface area contributed by atoms with Crippen molar-refractivity contribution < 1.29 is 4.74 Å². The molecule has 1 saturated heterocycles. The maximum absolute atomic E-state index is 5.77. The van der Waals surface area contributed by atoms with Crippen LogP contribution in [0.1, 0.15) is 25.3 Å². The third kappa shape index (κ3) is 5.01. The van der Waals surface area contributed by atoms with Crippen LogP contribution in [0, 0.1) is 5.92 Å². The fourth-order valence-corrected chi connectivity index (χ4v) is 2.60. The van der Waals surface area contributed by atoms with Crippen molar-refractivity contribution in [2.24, 2.45) is 11.7 Å². The summed E-state index contributed by atoms with van der Waals surface area (Å²) in [7, 11) is 0. The molecular weight excluding hydrogens is 260 g/mol. The molecule has 2 N–H and O–H groups in total. The zero-order valence-electron chi connectivity index (χ0n) is 11.7. The Bertz CT molecular complexity index is 356. The van der Waals surface area contributed by atoms with Crippen molar-refractivity contribution in [1.82, 2.24) is 4.90 Å². The number of likely N-dealkylation sites (tertiary alicyclic amines) is 1. The first-order valence-electron chi connectivity index (χ1n) is 6.96. The highest BCUT2D eigenvalue weighted by Crippen LogP contribution is 2.19. The van der Waals surface area contributed by atoms with E-state index in [1.807, 2.05) is 6.92 Å². The van der Waals surface area contributed by atoms with Crippen LogP contribution < -0.4 is 10.5 Å².